The van der Waals surface area contributed by atoms with Gasteiger partial charge in [-0.25, -0.2) is 0 Å². The molecule has 0 aromatic heterocycles. The third-order valence-corrected chi connectivity index (χ3v) is 4.30. The van der Waals surface area contributed by atoms with E-state index < -0.39 is 0 Å². The molecule has 2 nitrogen and oxygen atoms in total. The maximum Gasteiger partial charge on any atom is 0.306 e. The summed E-state index contributed by atoms with van der Waals surface area (Å²) in [5.41, 5.74) is 0. The van der Waals surface area contributed by atoms with Crippen LogP contribution in [0.25, 0.3) is 0 Å². The SMILES string of the molecule is CCCCCCCCC(CC)OC(=O)CCCCCC(C)C. The molecule has 0 heterocycles. The van der Waals surface area contributed by atoms with Gasteiger partial charge in [0.05, 0.1) is 0 Å². The molecule has 0 spiro atoms. The van der Waals surface area contributed by atoms with Crippen LogP contribution in [0.15, 0.2) is 0 Å². The highest BCUT2D eigenvalue weighted by Crippen LogP contribution is 2.14. The van der Waals surface area contributed by atoms with Gasteiger partial charge in [0.1, 0.15) is 6.10 Å². The molecule has 0 bridgehead atoms. The number of rotatable bonds is 15. The lowest BCUT2D eigenvalue weighted by Crippen LogP contribution is -2.17. The van der Waals surface area contributed by atoms with E-state index in [-0.39, 0.29) is 12.1 Å². The first kappa shape index (κ1) is 21.5. The van der Waals surface area contributed by atoms with Crippen molar-refractivity contribution in [1.82, 2.24) is 0 Å². The fourth-order valence-corrected chi connectivity index (χ4v) is 2.74. The molecule has 22 heavy (non-hydrogen) atoms. The van der Waals surface area contributed by atoms with Gasteiger partial charge in [0.15, 0.2) is 0 Å². The van der Waals surface area contributed by atoms with E-state index in [0.29, 0.717) is 6.42 Å². The molecule has 0 N–H and O–H groups in total. The molecular weight excluding hydrogens is 272 g/mol. The van der Waals surface area contributed by atoms with Crippen LogP contribution in [-0.2, 0) is 9.53 Å². The lowest BCUT2D eigenvalue weighted by molar-refractivity contribution is -0.149. The summed E-state index contributed by atoms with van der Waals surface area (Å²) < 4.78 is 5.62. The first-order chi connectivity index (χ1) is 10.6. The zero-order valence-corrected chi connectivity index (χ0v) is 15.7. The maximum absolute atomic E-state index is 11.9. The van der Waals surface area contributed by atoms with Crippen molar-refractivity contribution in [2.45, 2.75) is 117 Å². The van der Waals surface area contributed by atoms with Crippen molar-refractivity contribution in [1.29, 1.82) is 0 Å². The zero-order valence-electron chi connectivity index (χ0n) is 15.7. The Morgan fingerprint density at radius 2 is 1.41 bits per heavy atom. The van der Waals surface area contributed by atoms with Crippen LogP contribution in [0.4, 0.5) is 0 Å². The Hall–Kier alpha value is -0.530. The fourth-order valence-electron chi connectivity index (χ4n) is 2.74. The third kappa shape index (κ3) is 14.4. The molecule has 1 unspecified atom stereocenters. The Balaban J connectivity index is 3.58. The average molecular weight is 313 g/mol. The number of carbonyl (C=O) groups is 1. The minimum Gasteiger partial charge on any atom is -0.462 e. The van der Waals surface area contributed by atoms with Crippen LogP contribution in [0.5, 0.6) is 0 Å². The molecule has 0 aliphatic carbocycles. The van der Waals surface area contributed by atoms with Gasteiger partial charge < -0.3 is 4.74 Å². The van der Waals surface area contributed by atoms with Crippen molar-refractivity contribution >= 4 is 5.97 Å². The molecule has 2 heteroatoms. The van der Waals surface area contributed by atoms with Crippen molar-refractivity contribution in [2.24, 2.45) is 5.92 Å². The smallest absolute Gasteiger partial charge is 0.306 e. The first-order valence-electron chi connectivity index (χ1n) is 9.79. The summed E-state index contributed by atoms with van der Waals surface area (Å²) in [6, 6.07) is 0. The Bertz CT molecular complexity index is 248. The Morgan fingerprint density at radius 1 is 0.818 bits per heavy atom. The second kappa shape index (κ2) is 15.4. The summed E-state index contributed by atoms with van der Waals surface area (Å²) in [4.78, 5) is 11.9. The predicted octanol–water partition coefficient (Wildman–Crippen LogP) is 6.67. The van der Waals surface area contributed by atoms with Gasteiger partial charge in [0.25, 0.3) is 0 Å². The van der Waals surface area contributed by atoms with E-state index in [9.17, 15) is 4.79 Å². The van der Waals surface area contributed by atoms with Crippen molar-refractivity contribution in [2.75, 3.05) is 0 Å². The predicted molar refractivity (Wildman–Crippen MR) is 96.1 cm³/mol. The molecule has 0 rings (SSSR count). The zero-order chi connectivity index (χ0) is 16.6. The fraction of sp³-hybridized carbons (Fsp3) is 0.950. The standard InChI is InChI=1S/C20H40O2/c1-5-7-8-9-10-13-16-19(6-2)22-20(21)17-14-11-12-15-18(3)4/h18-19H,5-17H2,1-4H3. The van der Waals surface area contributed by atoms with Crippen LogP contribution in [0.1, 0.15) is 111 Å². The second-order valence-electron chi connectivity index (χ2n) is 7.07. The van der Waals surface area contributed by atoms with Crippen LogP contribution in [-0.4, -0.2) is 12.1 Å². The summed E-state index contributed by atoms with van der Waals surface area (Å²) >= 11 is 0. The van der Waals surface area contributed by atoms with Gasteiger partial charge in [0.2, 0.25) is 0 Å². The molecule has 0 fully saturated rings. The number of esters is 1. The molecule has 0 radical (unpaired) electrons. The van der Waals surface area contributed by atoms with E-state index >= 15 is 0 Å². The Labute approximate surface area is 139 Å². The Morgan fingerprint density at radius 3 is 2.05 bits per heavy atom. The van der Waals surface area contributed by atoms with Gasteiger partial charge in [0, 0.05) is 6.42 Å². The Kier molecular flexibility index (Phi) is 15.0. The number of unbranched alkanes of at least 4 members (excludes halogenated alkanes) is 7. The molecule has 0 aromatic rings. The van der Waals surface area contributed by atoms with Gasteiger partial charge in [-0.2, -0.15) is 0 Å². The monoisotopic (exact) mass is 312 g/mol. The normalized spacial score (nSPS) is 12.6. The third-order valence-electron chi connectivity index (χ3n) is 4.30. The van der Waals surface area contributed by atoms with Gasteiger partial charge in [-0.3, -0.25) is 4.79 Å². The number of hydrogen-bond donors (Lipinski definition) is 0. The minimum atomic E-state index is 0.0161. The average Bonchev–Trinajstić information content (AvgIpc) is 2.48. The molecule has 0 aliphatic rings. The van der Waals surface area contributed by atoms with Crippen molar-refractivity contribution < 1.29 is 9.53 Å². The van der Waals surface area contributed by atoms with Crippen molar-refractivity contribution in [3.63, 3.8) is 0 Å². The van der Waals surface area contributed by atoms with Crippen LogP contribution in [0, 0.1) is 5.92 Å². The molecule has 0 saturated heterocycles. The topological polar surface area (TPSA) is 26.3 Å². The highest BCUT2D eigenvalue weighted by atomic mass is 16.5. The number of ether oxygens (including phenoxy) is 1. The summed E-state index contributed by atoms with van der Waals surface area (Å²) in [5, 5.41) is 0. The van der Waals surface area contributed by atoms with Crippen LogP contribution in [0.2, 0.25) is 0 Å². The maximum atomic E-state index is 11.9. The molecule has 132 valence electrons. The number of hydrogen-bond acceptors (Lipinski definition) is 2. The highest BCUT2D eigenvalue weighted by molar-refractivity contribution is 5.69. The molecule has 0 aliphatic heterocycles. The van der Waals surface area contributed by atoms with Gasteiger partial charge in [-0.1, -0.05) is 79.1 Å². The molecule has 0 saturated carbocycles. The van der Waals surface area contributed by atoms with E-state index in [1.807, 2.05) is 0 Å². The van der Waals surface area contributed by atoms with Gasteiger partial charge in [-0.15, -0.1) is 0 Å². The summed E-state index contributed by atoms with van der Waals surface area (Å²) in [6.45, 7) is 8.87. The van der Waals surface area contributed by atoms with E-state index in [1.165, 1.54) is 51.4 Å². The van der Waals surface area contributed by atoms with E-state index in [1.54, 1.807) is 0 Å². The molecule has 0 aromatic carbocycles. The van der Waals surface area contributed by atoms with Crippen molar-refractivity contribution in [3.05, 3.63) is 0 Å². The lowest BCUT2D eigenvalue weighted by Gasteiger charge is -2.16. The van der Waals surface area contributed by atoms with Crippen molar-refractivity contribution in [3.8, 4) is 0 Å². The summed E-state index contributed by atoms with van der Waals surface area (Å²) in [5.74, 6) is 0.788. The van der Waals surface area contributed by atoms with E-state index in [4.69, 9.17) is 4.74 Å². The molecular formula is C20H40O2. The van der Waals surface area contributed by atoms with Crippen LogP contribution in [0.3, 0.4) is 0 Å². The van der Waals surface area contributed by atoms with Gasteiger partial charge in [-0.05, 0) is 31.6 Å². The quantitative estimate of drug-likeness (QED) is 0.249. The number of carbonyl (C=O) groups excluding carboxylic acids is 1. The summed E-state index contributed by atoms with van der Waals surface area (Å²) in [6.07, 6.45) is 15.2. The minimum absolute atomic E-state index is 0.0161. The largest absolute Gasteiger partial charge is 0.462 e. The lowest BCUT2D eigenvalue weighted by atomic mass is 10.0. The summed E-state index contributed by atoms with van der Waals surface area (Å²) in [7, 11) is 0. The highest BCUT2D eigenvalue weighted by Gasteiger charge is 2.12. The van der Waals surface area contributed by atoms with E-state index in [2.05, 4.69) is 27.7 Å². The van der Waals surface area contributed by atoms with Gasteiger partial charge >= 0.3 is 5.97 Å². The molecule has 0 amide bonds. The molecule has 1 atom stereocenters. The van der Waals surface area contributed by atoms with E-state index in [0.717, 1.165) is 31.6 Å². The first-order valence-corrected chi connectivity index (χ1v) is 9.79. The van der Waals surface area contributed by atoms with Crippen LogP contribution < -0.4 is 0 Å². The second-order valence-corrected chi connectivity index (χ2v) is 7.07. The van der Waals surface area contributed by atoms with Crippen LogP contribution >= 0.6 is 0 Å².